The molecule has 0 radical (unpaired) electrons. The Morgan fingerprint density at radius 1 is 0.727 bits per heavy atom. The standard InChI is InChI=1S/C20H15N2/c1-2-8-16(9-3-1)21-13-15-7-6-11-18-17-10-4-5-12-19(17)22(14-21)20(15)18/h1-13H,14H2/q+1. The van der Waals surface area contributed by atoms with E-state index in [2.05, 4.69) is 88.2 Å². The van der Waals surface area contributed by atoms with Gasteiger partial charge in [0.2, 0.25) is 12.4 Å². The molecule has 1 aliphatic heterocycles. The summed E-state index contributed by atoms with van der Waals surface area (Å²) in [5.41, 5.74) is 5.15. The van der Waals surface area contributed by atoms with Crippen LogP contribution in [0.5, 0.6) is 0 Å². The fraction of sp³-hybridized carbons (Fsp3) is 0.0500. The van der Waals surface area contributed by atoms with Gasteiger partial charge in [0.1, 0.15) is 0 Å². The first-order chi connectivity index (χ1) is 10.9. The van der Waals surface area contributed by atoms with Crippen LogP contribution in [0.3, 0.4) is 0 Å². The van der Waals surface area contributed by atoms with Crippen molar-refractivity contribution < 1.29 is 4.58 Å². The largest absolute Gasteiger partial charge is 0.284 e. The zero-order chi connectivity index (χ0) is 14.5. The van der Waals surface area contributed by atoms with E-state index in [-0.39, 0.29) is 0 Å². The van der Waals surface area contributed by atoms with Gasteiger partial charge < -0.3 is 0 Å². The van der Waals surface area contributed by atoms with Crippen molar-refractivity contribution in [3.63, 3.8) is 0 Å². The fourth-order valence-corrected chi connectivity index (χ4v) is 3.52. The van der Waals surface area contributed by atoms with Gasteiger partial charge in [0.05, 0.1) is 16.6 Å². The summed E-state index contributed by atoms with van der Waals surface area (Å²) in [4.78, 5) is 0. The molecule has 0 N–H and O–H groups in total. The maximum absolute atomic E-state index is 2.42. The molecule has 0 atom stereocenters. The van der Waals surface area contributed by atoms with Crippen molar-refractivity contribution in [2.75, 3.05) is 0 Å². The predicted molar refractivity (Wildman–Crippen MR) is 91.0 cm³/mol. The number of fused-ring (bicyclic) bond motifs is 3. The van der Waals surface area contributed by atoms with Crippen molar-refractivity contribution in [1.82, 2.24) is 4.57 Å². The Bertz CT molecular complexity index is 1040. The Morgan fingerprint density at radius 2 is 1.50 bits per heavy atom. The smallest absolute Gasteiger partial charge is 0.228 e. The first kappa shape index (κ1) is 11.8. The molecule has 0 bridgehead atoms. The van der Waals surface area contributed by atoms with Gasteiger partial charge in [-0.05, 0) is 12.1 Å². The van der Waals surface area contributed by atoms with Gasteiger partial charge in [0.15, 0.2) is 6.21 Å². The summed E-state index contributed by atoms with van der Waals surface area (Å²) >= 11 is 0. The molecule has 22 heavy (non-hydrogen) atoms. The zero-order valence-corrected chi connectivity index (χ0v) is 12.1. The van der Waals surface area contributed by atoms with Crippen molar-refractivity contribution in [2.24, 2.45) is 0 Å². The topological polar surface area (TPSA) is 7.94 Å². The van der Waals surface area contributed by atoms with E-state index in [1.165, 1.54) is 33.1 Å². The Labute approximate surface area is 128 Å². The molecule has 2 heteroatoms. The summed E-state index contributed by atoms with van der Waals surface area (Å²) in [5, 5.41) is 2.68. The molecular weight excluding hydrogens is 268 g/mol. The lowest BCUT2D eigenvalue weighted by atomic mass is 10.1. The molecule has 4 aromatic rings. The first-order valence-electron chi connectivity index (χ1n) is 7.58. The molecule has 0 fully saturated rings. The van der Waals surface area contributed by atoms with E-state index in [1.807, 2.05) is 0 Å². The van der Waals surface area contributed by atoms with E-state index < -0.39 is 0 Å². The van der Waals surface area contributed by atoms with Gasteiger partial charge >= 0.3 is 0 Å². The highest BCUT2D eigenvalue weighted by molar-refractivity contribution is 6.12. The van der Waals surface area contributed by atoms with Gasteiger partial charge in [-0.1, -0.05) is 48.5 Å². The fourth-order valence-electron chi connectivity index (χ4n) is 3.52. The number of nitrogens with zero attached hydrogens (tertiary/aromatic N) is 2. The quantitative estimate of drug-likeness (QED) is 0.454. The third-order valence-corrected chi connectivity index (χ3v) is 4.50. The summed E-state index contributed by atoms with van der Waals surface area (Å²) in [5.74, 6) is 0. The molecule has 0 saturated heterocycles. The molecule has 0 amide bonds. The van der Waals surface area contributed by atoms with E-state index in [4.69, 9.17) is 0 Å². The van der Waals surface area contributed by atoms with Crippen LogP contribution in [0.1, 0.15) is 5.56 Å². The van der Waals surface area contributed by atoms with Crippen molar-refractivity contribution in [1.29, 1.82) is 0 Å². The van der Waals surface area contributed by atoms with E-state index in [0.29, 0.717) is 0 Å². The molecular formula is C20H15N2+. The lowest BCUT2D eigenvalue weighted by Crippen LogP contribution is -2.18. The van der Waals surface area contributed by atoms with E-state index in [0.717, 1.165) is 6.67 Å². The molecule has 0 saturated carbocycles. The molecule has 1 aliphatic rings. The zero-order valence-electron chi connectivity index (χ0n) is 12.1. The highest BCUT2D eigenvalue weighted by Crippen LogP contribution is 2.33. The maximum Gasteiger partial charge on any atom is 0.228 e. The van der Waals surface area contributed by atoms with Gasteiger partial charge in [-0.25, -0.2) is 0 Å². The van der Waals surface area contributed by atoms with Gasteiger partial charge in [-0.15, -0.1) is 0 Å². The van der Waals surface area contributed by atoms with Crippen LogP contribution < -0.4 is 0 Å². The SMILES string of the molecule is C1=[N+](c2ccccc2)Cn2c3ccccc3c3cccc1c32. The molecule has 5 rings (SSSR count). The van der Waals surface area contributed by atoms with Crippen LogP contribution in [0.4, 0.5) is 5.69 Å². The van der Waals surface area contributed by atoms with Crippen molar-refractivity contribution in [2.45, 2.75) is 6.67 Å². The Balaban J connectivity index is 1.85. The monoisotopic (exact) mass is 283 g/mol. The van der Waals surface area contributed by atoms with Gasteiger partial charge in [-0.3, -0.25) is 4.57 Å². The minimum absolute atomic E-state index is 0.852. The molecule has 3 aromatic carbocycles. The van der Waals surface area contributed by atoms with E-state index in [1.54, 1.807) is 0 Å². The molecule has 0 spiro atoms. The lowest BCUT2D eigenvalue weighted by molar-refractivity contribution is -0.471. The second-order valence-electron chi connectivity index (χ2n) is 5.76. The Hall–Kier alpha value is -2.87. The molecule has 1 aromatic heterocycles. The summed E-state index contributed by atoms with van der Waals surface area (Å²) in [6, 6.07) is 25.8. The van der Waals surface area contributed by atoms with Crippen LogP contribution in [0.2, 0.25) is 0 Å². The van der Waals surface area contributed by atoms with Gasteiger partial charge in [0, 0.05) is 22.9 Å². The average Bonchev–Trinajstić information content (AvgIpc) is 2.92. The second kappa shape index (κ2) is 4.31. The van der Waals surface area contributed by atoms with Crippen LogP contribution in [0.15, 0.2) is 72.8 Å². The summed E-state index contributed by atoms with van der Waals surface area (Å²) < 4.78 is 4.74. The second-order valence-corrected chi connectivity index (χ2v) is 5.76. The van der Waals surface area contributed by atoms with Crippen LogP contribution in [0, 0.1) is 0 Å². The average molecular weight is 283 g/mol. The van der Waals surface area contributed by atoms with Crippen LogP contribution >= 0.6 is 0 Å². The summed E-state index contributed by atoms with van der Waals surface area (Å²) in [6.45, 7) is 0.852. The van der Waals surface area contributed by atoms with E-state index in [9.17, 15) is 0 Å². The molecule has 0 aliphatic carbocycles. The highest BCUT2D eigenvalue weighted by Gasteiger charge is 2.22. The third kappa shape index (κ3) is 1.52. The molecule has 104 valence electrons. The summed E-state index contributed by atoms with van der Waals surface area (Å²) in [7, 11) is 0. The van der Waals surface area contributed by atoms with Crippen LogP contribution in [-0.2, 0) is 6.67 Å². The predicted octanol–water partition coefficient (Wildman–Crippen LogP) is 4.53. The number of benzene rings is 3. The van der Waals surface area contributed by atoms with Crippen molar-refractivity contribution in [3.05, 3.63) is 78.4 Å². The molecule has 0 unspecified atom stereocenters. The van der Waals surface area contributed by atoms with Gasteiger partial charge in [-0.2, -0.15) is 4.58 Å². The van der Waals surface area contributed by atoms with Gasteiger partial charge in [0.25, 0.3) is 0 Å². The number of hydrogen-bond acceptors (Lipinski definition) is 0. The van der Waals surface area contributed by atoms with Crippen LogP contribution in [-0.4, -0.2) is 15.4 Å². The van der Waals surface area contributed by atoms with E-state index >= 15 is 0 Å². The minimum Gasteiger partial charge on any atom is -0.284 e. The Kier molecular flexibility index (Phi) is 2.30. The van der Waals surface area contributed by atoms with Crippen molar-refractivity contribution >= 4 is 33.7 Å². The summed E-state index contributed by atoms with van der Waals surface area (Å²) in [6.07, 6.45) is 2.26. The Morgan fingerprint density at radius 3 is 2.41 bits per heavy atom. The first-order valence-corrected chi connectivity index (χ1v) is 7.58. The minimum atomic E-state index is 0.852. The number of rotatable bonds is 1. The maximum atomic E-state index is 2.42. The number of aromatic nitrogens is 1. The molecule has 2 nitrogen and oxygen atoms in total. The van der Waals surface area contributed by atoms with Crippen molar-refractivity contribution in [3.8, 4) is 0 Å². The molecule has 2 heterocycles. The van der Waals surface area contributed by atoms with Crippen LogP contribution in [0.25, 0.3) is 21.8 Å². The lowest BCUT2D eigenvalue weighted by Gasteiger charge is -2.13. The third-order valence-electron chi connectivity index (χ3n) is 4.50. The number of para-hydroxylation sites is 3. The number of hydrogen-bond donors (Lipinski definition) is 0. The highest BCUT2D eigenvalue weighted by atomic mass is 15.2. The normalized spacial score (nSPS) is 13.5.